The van der Waals surface area contributed by atoms with Gasteiger partial charge in [0, 0.05) is 30.7 Å². The normalized spacial score (nSPS) is 11.3. The third kappa shape index (κ3) is 4.44. The lowest BCUT2D eigenvalue weighted by molar-refractivity contribution is -0.115. The Bertz CT molecular complexity index is 1130. The first kappa shape index (κ1) is 20.3. The summed E-state index contributed by atoms with van der Waals surface area (Å²) in [5, 5.41) is 6.89. The van der Waals surface area contributed by atoms with Gasteiger partial charge in [0.05, 0.1) is 23.1 Å². The molecule has 8 heteroatoms. The second-order valence-electron chi connectivity index (χ2n) is 6.89. The molecule has 0 fully saturated rings. The van der Waals surface area contributed by atoms with Crippen molar-refractivity contribution in [1.29, 1.82) is 0 Å². The summed E-state index contributed by atoms with van der Waals surface area (Å²) in [5.41, 5.74) is 3.39. The standard InChI is InChI=1S/C22H24N4O3S/c1-3-28-11-6-10-26-19-8-5-4-7-17(19)24-22(26)25-20(27)13-18-15(2)29-21(23-18)16-9-12-30-14-16/h4-5,7-9,12,14H,3,6,10-11,13H2,1-2H3,(H,24,25,27). The lowest BCUT2D eigenvalue weighted by Crippen LogP contribution is -2.19. The van der Waals surface area contributed by atoms with Crippen molar-refractivity contribution in [2.45, 2.75) is 33.2 Å². The first-order valence-corrected chi connectivity index (χ1v) is 10.9. The minimum absolute atomic E-state index is 0.127. The zero-order valence-electron chi connectivity index (χ0n) is 17.1. The molecular formula is C22H24N4O3S. The number of imidazole rings is 1. The highest BCUT2D eigenvalue weighted by Gasteiger charge is 2.18. The smallest absolute Gasteiger partial charge is 0.232 e. The third-order valence-electron chi connectivity index (χ3n) is 4.77. The molecule has 0 saturated carbocycles. The lowest BCUT2D eigenvalue weighted by Gasteiger charge is -2.10. The van der Waals surface area contributed by atoms with Crippen molar-refractivity contribution in [2.24, 2.45) is 0 Å². The van der Waals surface area contributed by atoms with E-state index in [1.165, 1.54) is 0 Å². The quantitative estimate of drug-likeness (QED) is 0.395. The molecule has 4 aromatic rings. The number of hydrogen-bond donors (Lipinski definition) is 1. The summed E-state index contributed by atoms with van der Waals surface area (Å²) in [5.74, 6) is 1.55. The molecule has 0 saturated heterocycles. The number of oxazole rings is 1. The summed E-state index contributed by atoms with van der Waals surface area (Å²) in [6.45, 7) is 5.88. The first-order valence-electron chi connectivity index (χ1n) is 9.97. The van der Waals surface area contributed by atoms with E-state index in [1.54, 1.807) is 11.3 Å². The predicted octanol–water partition coefficient (Wildman–Crippen LogP) is 4.67. The van der Waals surface area contributed by atoms with Gasteiger partial charge in [0.2, 0.25) is 17.7 Å². The van der Waals surface area contributed by atoms with Crippen LogP contribution in [0.4, 0.5) is 5.95 Å². The number of aromatic nitrogens is 3. The number of thiophene rings is 1. The summed E-state index contributed by atoms with van der Waals surface area (Å²) in [6.07, 6.45) is 0.963. The van der Waals surface area contributed by atoms with Gasteiger partial charge in [-0.25, -0.2) is 9.97 Å². The molecule has 1 amide bonds. The molecule has 0 aliphatic rings. The molecule has 0 atom stereocenters. The Morgan fingerprint density at radius 3 is 2.93 bits per heavy atom. The van der Waals surface area contributed by atoms with Crippen LogP contribution in [0.3, 0.4) is 0 Å². The number of para-hydroxylation sites is 2. The zero-order valence-corrected chi connectivity index (χ0v) is 17.9. The molecule has 0 bridgehead atoms. The van der Waals surface area contributed by atoms with Crippen molar-refractivity contribution in [3.05, 3.63) is 52.5 Å². The molecule has 0 spiro atoms. The summed E-state index contributed by atoms with van der Waals surface area (Å²) in [7, 11) is 0. The van der Waals surface area contributed by atoms with Gasteiger partial charge in [-0.1, -0.05) is 12.1 Å². The summed E-state index contributed by atoms with van der Waals surface area (Å²) >= 11 is 1.58. The van der Waals surface area contributed by atoms with Crippen molar-refractivity contribution in [1.82, 2.24) is 14.5 Å². The van der Waals surface area contributed by atoms with Gasteiger partial charge in [-0.2, -0.15) is 11.3 Å². The maximum Gasteiger partial charge on any atom is 0.232 e. The Balaban J connectivity index is 1.50. The summed E-state index contributed by atoms with van der Waals surface area (Å²) in [6, 6.07) is 9.81. The van der Waals surface area contributed by atoms with Crippen molar-refractivity contribution >= 4 is 34.2 Å². The number of nitrogens with one attached hydrogen (secondary N) is 1. The average Bonchev–Trinajstić information content (AvgIpc) is 3.45. The van der Waals surface area contributed by atoms with Crippen molar-refractivity contribution < 1.29 is 13.9 Å². The Kier molecular flexibility index (Phi) is 6.25. The largest absolute Gasteiger partial charge is 0.441 e. The Morgan fingerprint density at radius 1 is 1.27 bits per heavy atom. The number of carbonyl (C=O) groups is 1. The number of hydrogen-bond acceptors (Lipinski definition) is 6. The number of amides is 1. The Labute approximate surface area is 178 Å². The van der Waals surface area contributed by atoms with E-state index < -0.39 is 0 Å². The van der Waals surface area contributed by atoms with E-state index in [-0.39, 0.29) is 12.3 Å². The third-order valence-corrected chi connectivity index (χ3v) is 5.45. The van der Waals surface area contributed by atoms with Gasteiger partial charge < -0.3 is 13.7 Å². The van der Waals surface area contributed by atoms with Crippen LogP contribution in [0.5, 0.6) is 0 Å². The number of fused-ring (bicyclic) bond motifs is 1. The number of carbonyl (C=O) groups excluding carboxylic acids is 1. The number of nitrogens with zero attached hydrogens (tertiary/aromatic N) is 3. The summed E-state index contributed by atoms with van der Waals surface area (Å²) in [4.78, 5) is 21.9. The molecule has 0 unspecified atom stereocenters. The second-order valence-corrected chi connectivity index (χ2v) is 7.67. The van der Waals surface area contributed by atoms with Gasteiger partial charge in [-0.15, -0.1) is 0 Å². The fourth-order valence-corrected chi connectivity index (χ4v) is 3.92. The Morgan fingerprint density at radius 2 is 2.13 bits per heavy atom. The lowest BCUT2D eigenvalue weighted by atomic mass is 10.2. The van der Waals surface area contributed by atoms with Crippen LogP contribution < -0.4 is 5.32 Å². The Hall–Kier alpha value is -2.97. The van der Waals surface area contributed by atoms with E-state index in [2.05, 4.69) is 15.3 Å². The van der Waals surface area contributed by atoms with Gasteiger partial charge >= 0.3 is 0 Å². The van der Waals surface area contributed by atoms with E-state index in [0.717, 1.165) is 23.0 Å². The fraction of sp³-hybridized carbons (Fsp3) is 0.318. The maximum absolute atomic E-state index is 12.8. The molecule has 0 radical (unpaired) electrons. The van der Waals surface area contributed by atoms with Crippen LogP contribution in [0.2, 0.25) is 0 Å². The molecule has 1 aromatic carbocycles. The number of rotatable bonds is 9. The molecule has 7 nitrogen and oxygen atoms in total. The molecule has 0 aliphatic carbocycles. The maximum atomic E-state index is 12.8. The van der Waals surface area contributed by atoms with E-state index in [1.807, 2.05) is 59.5 Å². The zero-order chi connectivity index (χ0) is 20.9. The van der Waals surface area contributed by atoms with E-state index in [0.29, 0.717) is 43.1 Å². The highest BCUT2D eigenvalue weighted by Crippen LogP contribution is 2.25. The van der Waals surface area contributed by atoms with Gasteiger partial charge in [-0.05, 0) is 43.8 Å². The van der Waals surface area contributed by atoms with Gasteiger partial charge in [0.25, 0.3) is 0 Å². The topological polar surface area (TPSA) is 82.2 Å². The predicted molar refractivity (Wildman–Crippen MR) is 118 cm³/mol. The number of ether oxygens (including phenoxy) is 1. The van der Waals surface area contributed by atoms with Crippen molar-refractivity contribution in [3.63, 3.8) is 0 Å². The van der Waals surface area contributed by atoms with Crippen molar-refractivity contribution in [2.75, 3.05) is 18.5 Å². The minimum Gasteiger partial charge on any atom is -0.441 e. The van der Waals surface area contributed by atoms with Gasteiger partial charge in [0.15, 0.2) is 0 Å². The van der Waals surface area contributed by atoms with E-state index in [4.69, 9.17) is 9.15 Å². The van der Waals surface area contributed by atoms with Crippen LogP contribution in [-0.4, -0.2) is 33.7 Å². The van der Waals surface area contributed by atoms with E-state index >= 15 is 0 Å². The number of benzene rings is 1. The molecule has 30 heavy (non-hydrogen) atoms. The van der Waals surface area contributed by atoms with Crippen LogP contribution in [-0.2, 0) is 22.5 Å². The number of aryl methyl sites for hydroxylation is 2. The van der Waals surface area contributed by atoms with Gasteiger partial charge in [-0.3, -0.25) is 10.1 Å². The molecule has 4 rings (SSSR count). The molecular weight excluding hydrogens is 400 g/mol. The van der Waals surface area contributed by atoms with Crippen LogP contribution in [0, 0.1) is 6.92 Å². The summed E-state index contributed by atoms with van der Waals surface area (Å²) < 4.78 is 13.2. The van der Waals surface area contributed by atoms with Gasteiger partial charge in [0.1, 0.15) is 5.76 Å². The minimum atomic E-state index is -0.176. The second kappa shape index (κ2) is 9.23. The average molecular weight is 425 g/mol. The molecule has 0 aliphatic heterocycles. The molecule has 3 heterocycles. The molecule has 1 N–H and O–H groups in total. The van der Waals surface area contributed by atoms with E-state index in [9.17, 15) is 4.79 Å². The monoisotopic (exact) mass is 424 g/mol. The highest BCUT2D eigenvalue weighted by molar-refractivity contribution is 7.08. The number of anilines is 1. The highest BCUT2D eigenvalue weighted by atomic mass is 32.1. The van der Waals surface area contributed by atoms with Crippen molar-refractivity contribution in [3.8, 4) is 11.5 Å². The SMILES string of the molecule is CCOCCCn1c(NC(=O)Cc2nc(-c3ccsc3)oc2C)nc2ccccc21. The van der Waals surface area contributed by atoms with Crippen LogP contribution in [0.25, 0.3) is 22.5 Å². The molecule has 3 aromatic heterocycles. The van der Waals surface area contributed by atoms with Crippen LogP contribution >= 0.6 is 11.3 Å². The fourth-order valence-electron chi connectivity index (χ4n) is 3.29. The van der Waals surface area contributed by atoms with Crippen LogP contribution in [0.15, 0.2) is 45.5 Å². The van der Waals surface area contributed by atoms with Crippen LogP contribution in [0.1, 0.15) is 24.8 Å². The molecule has 156 valence electrons. The first-order chi connectivity index (χ1) is 14.7.